The van der Waals surface area contributed by atoms with E-state index in [-0.39, 0.29) is 36.6 Å². The van der Waals surface area contributed by atoms with E-state index >= 15 is 0 Å². The zero-order chi connectivity index (χ0) is 23.0. The predicted molar refractivity (Wildman–Crippen MR) is 109 cm³/mol. The average molecular weight is 473 g/mol. The molecule has 162 valence electrons. The van der Waals surface area contributed by atoms with Crippen molar-refractivity contribution in [2.45, 2.75) is 9.79 Å². The molecule has 2 aromatic carbocycles. The molecule has 1 N–H and O–H groups in total. The van der Waals surface area contributed by atoms with E-state index < -0.39 is 39.0 Å². The molecule has 0 bridgehead atoms. The smallest absolute Gasteiger partial charge is 0.345 e. The molecule has 1 aliphatic heterocycles. The van der Waals surface area contributed by atoms with Crippen LogP contribution in [0.4, 0.5) is 10.1 Å². The number of anilines is 1. The highest BCUT2D eigenvalue weighted by Crippen LogP contribution is 2.34. The molecule has 0 spiro atoms. The van der Waals surface area contributed by atoms with Crippen molar-refractivity contribution in [2.75, 3.05) is 11.9 Å². The van der Waals surface area contributed by atoms with Gasteiger partial charge >= 0.3 is 11.0 Å². The van der Waals surface area contributed by atoms with Crippen molar-refractivity contribution >= 4 is 49.0 Å². The van der Waals surface area contributed by atoms with Crippen LogP contribution in [-0.2, 0) is 19.4 Å². The lowest BCUT2D eigenvalue weighted by atomic mass is 10.0. The number of nitrogens with zero attached hydrogens (tertiary/aromatic N) is 2. The van der Waals surface area contributed by atoms with E-state index in [1.165, 1.54) is 30.3 Å². The lowest BCUT2D eigenvalue weighted by molar-refractivity contribution is -0.380. The molecule has 3 aromatic rings. The molecule has 0 saturated carbocycles. The third-order valence-electron chi connectivity index (χ3n) is 4.43. The van der Waals surface area contributed by atoms with E-state index in [1.807, 2.05) is 0 Å². The Morgan fingerprint density at radius 1 is 1.12 bits per heavy atom. The summed E-state index contributed by atoms with van der Waals surface area (Å²) in [6.07, 6.45) is 0.972. The van der Waals surface area contributed by atoms with Crippen LogP contribution in [0.25, 0.3) is 0 Å². The van der Waals surface area contributed by atoms with Crippen molar-refractivity contribution in [1.82, 2.24) is 4.98 Å². The summed E-state index contributed by atoms with van der Waals surface area (Å²) in [6.45, 7) is -0.738. The Kier molecular flexibility index (Phi) is 5.28. The van der Waals surface area contributed by atoms with Crippen LogP contribution in [0.5, 0.6) is 0 Å². The number of thiazole rings is 1. The van der Waals surface area contributed by atoms with Crippen LogP contribution in [0.1, 0.15) is 26.3 Å². The Morgan fingerprint density at radius 3 is 2.56 bits per heavy atom. The van der Waals surface area contributed by atoms with Gasteiger partial charge in [0.05, 0.1) is 20.3 Å². The van der Waals surface area contributed by atoms with Crippen LogP contribution in [0.2, 0.25) is 0 Å². The first-order valence-electron chi connectivity index (χ1n) is 8.78. The van der Waals surface area contributed by atoms with Gasteiger partial charge in [0.25, 0.3) is 5.91 Å². The SMILES string of the molecule is O=C(COC(=O)c1ccc2c(c1)S(=O)(=O)c1ccccc1C2=O)Nc1ncc([N+](=O)[O-])s1. The minimum absolute atomic E-state index is 0.0465. The molecular formula is C19H11N3O8S2. The number of ketones is 1. The fraction of sp³-hybridized carbons (Fsp3) is 0.0526. The lowest BCUT2D eigenvalue weighted by Crippen LogP contribution is -2.22. The summed E-state index contributed by atoms with van der Waals surface area (Å²) in [5, 5.41) is 12.6. The summed E-state index contributed by atoms with van der Waals surface area (Å²) in [7, 11) is -4.04. The van der Waals surface area contributed by atoms with Crippen molar-refractivity contribution in [3.63, 3.8) is 0 Å². The van der Waals surface area contributed by atoms with Gasteiger partial charge in [0.1, 0.15) is 6.20 Å². The van der Waals surface area contributed by atoms with Crippen molar-refractivity contribution in [2.24, 2.45) is 0 Å². The number of hydrogen-bond acceptors (Lipinski definition) is 10. The van der Waals surface area contributed by atoms with E-state index in [0.717, 1.165) is 12.3 Å². The Morgan fingerprint density at radius 2 is 1.84 bits per heavy atom. The summed E-state index contributed by atoms with van der Waals surface area (Å²) in [6, 6.07) is 9.24. The summed E-state index contributed by atoms with van der Waals surface area (Å²) < 4.78 is 30.7. The maximum absolute atomic E-state index is 12.9. The number of amides is 1. The van der Waals surface area contributed by atoms with Gasteiger partial charge in [-0.1, -0.05) is 12.1 Å². The van der Waals surface area contributed by atoms with Gasteiger partial charge < -0.3 is 4.74 Å². The van der Waals surface area contributed by atoms with Crippen LogP contribution >= 0.6 is 11.3 Å². The Balaban J connectivity index is 1.49. The zero-order valence-corrected chi connectivity index (χ0v) is 17.4. The Bertz CT molecular complexity index is 1410. The molecule has 1 amide bonds. The van der Waals surface area contributed by atoms with Crippen LogP contribution < -0.4 is 5.32 Å². The number of hydrogen-bond donors (Lipinski definition) is 1. The van der Waals surface area contributed by atoms with Gasteiger partial charge in [0.15, 0.2) is 17.5 Å². The molecule has 4 rings (SSSR count). The highest BCUT2D eigenvalue weighted by Gasteiger charge is 2.35. The molecule has 1 aliphatic rings. The number of aromatic nitrogens is 1. The molecule has 0 fully saturated rings. The lowest BCUT2D eigenvalue weighted by Gasteiger charge is -2.19. The average Bonchev–Trinajstić information content (AvgIpc) is 3.24. The standard InChI is InChI=1S/C19H11N3O8S2/c23-15(21-19-20-8-16(31-19)22(26)27)9-30-18(25)10-5-6-12-14(7-10)32(28,29)13-4-2-1-3-11(13)17(12)24/h1-8H,9H2,(H,20,21,23). The molecule has 0 aliphatic carbocycles. The number of nitrogens with one attached hydrogen (secondary N) is 1. The molecule has 32 heavy (non-hydrogen) atoms. The summed E-state index contributed by atoms with van der Waals surface area (Å²) in [5.41, 5.74) is -0.185. The predicted octanol–water partition coefficient (Wildman–Crippen LogP) is 2.22. The second-order valence-corrected chi connectivity index (χ2v) is 9.32. The molecular weight excluding hydrogens is 462 g/mol. The number of carbonyl (C=O) groups is 3. The number of nitro groups is 1. The van der Waals surface area contributed by atoms with Gasteiger partial charge in [-0.05, 0) is 41.7 Å². The van der Waals surface area contributed by atoms with E-state index in [0.29, 0.717) is 11.3 Å². The largest absolute Gasteiger partial charge is 0.452 e. The van der Waals surface area contributed by atoms with E-state index in [9.17, 15) is 32.9 Å². The minimum Gasteiger partial charge on any atom is -0.452 e. The number of fused-ring (bicyclic) bond motifs is 2. The maximum atomic E-state index is 12.9. The molecule has 13 heteroatoms. The fourth-order valence-corrected chi connectivity index (χ4v) is 5.31. The van der Waals surface area contributed by atoms with E-state index in [2.05, 4.69) is 10.3 Å². The highest BCUT2D eigenvalue weighted by molar-refractivity contribution is 7.91. The van der Waals surface area contributed by atoms with Gasteiger partial charge in [0, 0.05) is 11.1 Å². The Labute approximate surface area is 183 Å². The van der Waals surface area contributed by atoms with Gasteiger partial charge in [-0.3, -0.25) is 25.0 Å². The monoisotopic (exact) mass is 473 g/mol. The topological polar surface area (TPSA) is 163 Å². The first-order chi connectivity index (χ1) is 15.2. The molecule has 0 radical (unpaired) electrons. The van der Waals surface area contributed by atoms with Crippen LogP contribution in [0.15, 0.2) is 58.5 Å². The first kappa shape index (κ1) is 21.3. The number of esters is 1. The molecule has 11 nitrogen and oxygen atoms in total. The number of rotatable bonds is 5. The van der Waals surface area contributed by atoms with Crippen molar-refractivity contribution in [3.8, 4) is 0 Å². The molecule has 0 atom stereocenters. The second-order valence-electron chi connectivity index (χ2n) is 6.42. The molecule has 2 heterocycles. The second kappa shape index (κ2) is 7.94. The van der Waals surface area contributed by atoms with E-state index in [4.69, 9.17) is 4.74 Å². The van der Waals surface area contributed by atoms with Crippen LogP contribution in [0.3, 0.4) is 0 Å². The van der Waals surface area contributed by atoms with Crippen LogP contribution in [0, 0.1) is 10.1 Å². The van der Waals surface area contributed by atoms with Gasteiger partial charge in [-0.25, -0.2) is 18.2 Å². The van der Waals surface area contributed by atoms with Crippen molar-refractivity contribution < 1.29 is 32.5 Å². The number of ether oxygens (including phenoxy) is 1. The summed E-state index contributed by atoms with van der Waals surface area (Å²) >= 11 is 0.629. The third kappa shape index (κ3) is 3.74. The highest BCUT2D eigenvalue weighted by atomic mass is 32.2. The molecule has 0 unspecified atom stereocenters. The summed E-state index contributed by atoms with van der Waals surface area (Å²) in [5.74, 6) is -2.27. The van der Waals surface area contributed by atoms with Gasteiger partial charge in [-0.2, -0.15) is 0 Å². The molecule has 0 saturated heterocycles. The Hall–Kier alpha value is -3.97. The van der Waals surface area contributed by atoms with Crippen molar-refractivity contribution in [3.05, 3.63) is 75.5 Å². The first-order valence-corrected chi connectivity index (χ1v) is 11.1. The van der Waals surface area contributed by atoms with Gasteiger partial charge in [0.2, 0.25) is 9.84 Å². The summed E-state index contributed by atoms with van der Waals surface area (Å²) in [4.78, 5) is 50.0. The third-order valence-corrected chi connectivity index (χ3v) is 7.14. The maximum Gasteiger partial charge on any atom is 0.345 e. The zero-order valence-electron chi connectivity index (χ0n) is 15.8. The number of sulfone groups is 1. The van der Waals surface area contributed by atoms with E-state index in [1.54, 1.807) is 6.07 Å². The number of benzene rings is 2. The minimum atomic E-state index is -4.04. The quantitative estimate of drug-likeness (QED) is 0.260. The van der Waals surface area contributed by atoms with Crippen molar-refractivity contribution in [1.29, 1.82) is 0 Å². The fourth-order valence-electron chi connectivity index (χ4n) is 2.99. The van der Waals surface area contributed by atoms with Crippen LogP contribution in [-0.4, -0.2) is 42.6 Å². The van der Waals surface area contributed by atoms with Gasteiger partial charge in [-0.15, -0.1) is 0 Å². The normalized spacial score (nSPS) is 13.6. The molecule has 1 aromatic heterocycles. The number of carbonyl (C=O) groups excluding carboxylic acids is 3.